The number of amides is 2. The molecule has 52 heavy (non-hydrogen) atoms. The van der Waals surface area contributed by atoms with Crippen molar-refractivity contribution < 1.29 is 63.6 Å². The summed E-state index contributed by atoms with van der Waals surface area (Å²) < 4.78 is 12.7. The zero-order chi connectivity index (χ0) is 38.4. The molecule has 1 fully saturated rings. The van der Waals surface area contributed by atoms with Crippen molar-refractivity contribution in [3.63, 3.8) is 0 Å². The smallest absolute Gasteiger partial charge is 0.857 e. The van der Waals surface area contributed by atoms with E-state index in [-0.39, 0.29) is 47.5 Å². The Morgan fingerprint density at radius 2 is 1.31 bits per heavy atom. The molecule has 2 amide bonds. The number of hydrogen-bond acceptors (Lipinski definition) is 9. The minimum atomic E-state index is -0.460. The third-order valence-electron chi connectivity index (χ3n) is 7.49. The first-order chi connectivity index (χ1) is 24.1. The van der Waals surface area contributed by atoms with Crippen LogP contribution in [0.25, 0.3) is 11.6 Å². The number of rotatable bonds is 1. The number of ketones is 1. The fourth-order valence-electron chi connectivity index (χ4n) is 5.24. The van der Waals surface area contributed by atoms with Gasteiger partial charge in [0.1, 0.15) is 17.0 Å². The Labute approximate surface area is 347 Å². The third kappa shape index (κ3) is 15.9. The Morgan fingerprint density at radius 3 is 1.85 bits per heavy atom. The van der Waals surface area contributed by atoms with E-state index in [0.29, 0.717) is 39.0 Å². The number of Topliss-reactive ketones (excluding diaryl/α,β-unsaturated/α-hetero) is 1. The fourth-order valence-corrected chi connectivity index (χ4v) is 5.92. The molecule has 2 aromatic rings. The Bertz CT molecular complexity index is 1590. The summed E-state index contributed by atoms with van der Waals surface area (Å²) >= 11 is 6.86. The monoisotopic (exact) mass is 856 g/mol. The summed E-state index contributed by atoms with van der Waals surface area (Å²) in [5.41, 5.74) is 6.40. The van der Waals surface area contributed by atoms with Crippen LogP contribution < -0.4 is 34.7 Å². The van der Waals surface area contributed by atoms with Crippen LogP contribution in [-0.4, -0.2) is 94.4 Å². The van der Waals surface area contributed by atoms with Crippen LogP contribution in [-0.2, 0) is 27.1 Å². The molecule has 14 heteroatoms. The van der Waals surface area contributed by atoms with Crippen LogP contribution in [0.1, 0.15) is 83.3 Å². The zero-order valence-corrected chi connectivity index (χ0v) is 37.1. The normalized spacial score (nSPS) is 15.5. The van der Waals surface area contributed by atoms with Crippen LogP contribution in [0.15, 0.2) is 57.3 Å². The SMILES string of the molecule is Brc1cnc2c(c1)C=CC2.CC(C)(C)OC(=O)N1CC=C(C2=CCc3ncc(Br)cc32)CC1.CC(C)(C)OC(=O)N1CCC(=O)CC1.CO.C[O-].[Na+]. The Hall–Kier alpha value is -2.39. The van der Waals surface area contributed by atoms with Crippen LogP contribution in [0.4, 0.5) is 9.59 Å². The number of carbonyl (C=O) groups excluding carboxylic acids is 3. The Kier molecular flexibility index (Phi) is 20.8. The van der Waals surface area contributed by atoms with E-state index in [1.807, 2.05) is 53.9 Å². The molecule has 280 valence electrons. The maximum absolute atomic E-state index is 12.1. The zero-order valence-electron chi connectivity index (χ0n) is 31.9. The van der Waals surface area contributed by atoms with Gasteiger partial charge in [-0.3, -0.25) is 14.8 Å². The number of nitrogens with zero attached hydrogens (tertiary/aromatic N) is 4. The van der Waals surface area contributed by atoms with Crippen molar-refractivity contribution in [2.75, 3.05) is 40.4 Å². The van der Waals surface area contributed by atoms with Crippen molar-refractivity contribution in [2.24, 2.45) is 0 Å². The van der Waals surface area contributed by atoms with Crippen molar-refractivity contribution in [1.29, 1.82) is 0 Å². The largest absolute Gasteiger partial charge is 1.00 e. The summed E-state index contributed by atoms with van der Waals surface area (Å²) in [6, 6.07) is 4.22. The summed E-state index contributed by atoms with van der Waals surface area (Å²) in [6.45, 7) is 13.4. The summed E-state index contributed by atoms with van der Waals surface area (Å²) in [5.74, 6) is 0.227. The summed E-state index contributed by atoms with van der Waals surface area (Å²) in [7, 11) is 1.75. The number of halogens is 2. The molecule has 0 radical (unpaired) electrons. The van der Waals surface area contributed by atoms with Gasteiger partial charge in [0, 0.05) is 85.9 Å². The standard InChI is InChI=1S/C18H21BrN2O2.C10H17NO3.C8H6BrN.CH4O.CH3O.Na/c1-18(2,3)23-17(22)21-8-6-12(7-9-21)14-4-5-16-15(14)10-13(19)11-20-16;1-10(2,3)14-9(13)11-6-4-8(12)5-7-11;9-7-4-6-2-1-3-8(6)10-5-7;2*1-2;/h4,6,10-11H,5,7-9H2,1-3H3;4-7H2,1-3H3;1-2,4-5H,3H2;2H,1H3;1H3;/q;;;;-1;+1. The van der Waals surface area contributed by atoms with Gasteiger partial charge < -0.3 is 29.5 Å². The number of aliphatic hydroxyl groups excluding tert-OH is 1. The average Bonchev–Trinajstić information content (AvgIpc) is 3.73. The van der Waals surface area contributed by atoms with Crippen LogP contribution in [0.5, 0.6) is 0 Å². The molecule has 2 aliphatic carbocycles. The van der Waals surface area contributed by atoms with Gasteiger partial charge in [-0.1, -0.05) is 24.3 Å². The van der Waals surface area contributed by atoms with Gasteiger partial charge >= 0.3 is 41.7 Å². The minimum Gasteiger partial charge on any atom is -0.857 e. The van der Waals surface area contributed by atoms with E-state index in [2.05, 4.69) is 78.3 Å². The first-order valence-electron chi connectivity index (χ1n) is 16.8. The second-order valence-electron chi connectivity index (χ2n) is 13.7. The molecule has 0 spiro atoms. The van der Waals surface area contributed by atoms with E-state index in [1.54, 1.807) is 9.80 Å². The summed E-state index contributed by atoms with van der Waals surface area (Å²) in [6.07, 6.45) is 15.4. The van der Waals surface area contributed by atoms with Crippen LogP contribution in [0, 0.1) is 0 Å². The topological polar surface area (TPSA) is 145 Å². The maximum Gasteiger partial charge on any atom is 1.00 e. The van der Waals surface area contributed by atoms with E-state index < -0.39 is 11.2 Å². The number of allylic oxidation sites excluding steroid dienone is 3. The van der Waals surface area contributed by atoms with Crippen LogP contribution >= 0.6 is 31.9 Å². The molecule has 0 saturated carbocycles. The molecule has 2 aliphatic heterocycles. The Morgan fingerprint density at radius 1 is 0.788 bits per heavy atom. The van der Waals surface area contributed by atoms with Gasteiger partial charge in [-0.15, -0.1) is 0 Å². The molecule has 4 heterocycles. The van der Waals surface area contributed by atoms with Gasteiger partial charge in [-0.2, -0.15) is 7.11 Å². The van der Waals surface area contributed by atoms with Crippen molar-refractivity contribution in [1.82, 2.24) is 19.8 Å². The van der Waals surface area contributed by atoms with Gasteiger partial charge in [0.05, 0.1) is 11.4 Å². The molecule has 4 aliphatic rings. The van der Waals surface area contributed by atoms with Crippen molar-refractivity contribution in [3.8, 4) is 0 Å². The van der Waals surface area contributed by atoms with Gasteiger partial charge in [0.2, 0.25) is 0 Å². The van der Waals surface area contributed by atoms with Crippen LogP contribution in [0.3, 0.4) is 0 Å². The number of ether oxygens (including phenoxy) is 2. The van der Waals surface area contributed by atoms with Gasteiger partial charge in [0.15, 0.2) is 0 Å². The number of fused-ring (bicyclic) bond motifs is 2. The molecular weight excluding hydrogens is 807 g/mol. The molecule has 0 atom stereocenters. The van der Waals surface area contributed by atoms with Gasteiger partial charge in [-0.05, 0) is 109 Å². The van der Waals surface area contributed by atoms with E-state index in [4.69, 9.17) is 19.7 Å². The molecule has 11 nitrogen and oxygen atoms in total. The van der Waals surface area contributed by atoms with Gasteiger partial charge in [-0.25, -0.2) is 9.59 Å². The van der Waals surface area contributed by atoms with Crippen molar-refractivity contribution in [2.45, 2.75) is 84.8 Å². The summed E-state index contributed by atoms with van der Waals surface area (Å²) in [5, 5.41) is 15.2. The van der Waals surface area contributed by atoms with Gasteiger partial charge in [0.25, 0.3) is 0 Å². The quantitative estimate of drug-likeness (QED) is 0.422. The van der Waals surface area contributed by atoms with Crippen molar-refractivity contribution >= 4 is 61.5 Å². The molecule has 0 unspecified atom stereocenters. The fraction of sp³-hybridized carbons (Fsp3) is 0.500. The molecule has 2 aromatic heterocycles. The number of piperidine rings is 1. The Balaban J connectivity index is 0.000000398. The first-order valence-corrected chi connectivity index (χ1v) is 18.3. The van der Waals surface area contributed by atoms with Crippen LogP contribution in [0.2, 0.25) is 0 Å². The second kappa shape index (κ2) is 22.7. The molecule has 6 rings (SSSR count). The number of likely N-dealkylation sites (tertiary alicyclic amines) is 1. The number of aromatic nitrogens is 2. The predicted octanol–water partition coefficient (Wildman–Crippen LogP) is 3.94. The number of carbonyl (C=O) groups is 3. The number of hydrogen-bond donors (Lipinski definition) is 1. The van der Waals surface area contributed by atoms with Crippen molar-refractivity contribution in [3.05, 3.63) is 79.8 Å². The molecule has 1 saturated heterocycles. The first kappa shape index (κ1) is 47.6. The average molecular weight is 859 g/mol. The van der Waals surface area contributed by atoms with E-state index >= 15 is 0 Å². The van der Waals surface area contributed by atoms with E-state index in [1.165, 1.54) is 28.0 Å². The second-order valence-corrected chi connectivity index (χ2v) is 15.5. The predicted molar refractivity (Wildman–Crippen MR) is 205 cm³/mol. The summed E-state index contributed by atoms with van der Waals surface area (Å²) in [4.78, 5) is 46.6. The maximum atomic E-state index is 12.1. The number of pyridine rings is 2. The minimum absolute atomic E-state index is 0. The molecule has 0 bridgehead atoms. The molecular formula is C38H51Br2N4NaO7. The molecule has 1 N–H and O–H groups in total. The number of aliphatic hydroxyl groups is 1. The third-order valence-corrected chi connectivity index (χ3v) is 8.35. The molecule has 0 aromatic carbocycles. The van der Waals surface area contributed by atoms with E-state index in [9.17, 15) is 14.4 Å². The van der Waals surface area contributed by atoms with E-state index in [0.717, 1.165) is 48.1 Å².